The van der Waals surface area contributed by atoms with Crippen LogP contribution in [0.25, 0.3) is 0 Å². The monoisotopic (exact) mass is 526 g/mol. The number of benzene rings is 3. The number of carbonyl (C=O) groups excluding carboxylic acids is 1. The topological polar surface area (TPSA) is 75.7 Å². The van der Waals surface area contributed by atoms with Crippen LogP contribution in [-0.4, -0.2) is 34.0 Å². The minimum absolute atomic E-state index is 0.0560. The number of hydrogen-bond acceptors (Lipinski definition) is 4. The summed E-state index contributed by atoms with van der Waals surface area (Å²) in [6.07, 6.45) is -4.81. The molecule has 0 atom stereocenters. The molecule has 0 saturated carbocycles. The molecule has 0 aliphatic rings. The molecule has 1 N–H and O–H groups in total. The minimum Gasteiger partial charge on any atom is -0.492 e. The van der Waals surface area contributed by atoms with Crippen LogP contribution in [0.5, 0.6) is 5.75 Å². The van der Waals surface area contributed by atoms with Gasteiger partial charge >= 0.3 is 6.18 Å². The summed E-state index contributed by atoms with van der Waals surface area (Å²) in [5.74, 6) is -0.116. The smallest absolute Gasteiger partial charge is 0.417 e. The lowest BCUT2D eigenvalue weighted by Crippen LogP contribution is -2.42. The molecule has 0 radical (unpaired) electrons. The number of alkyl halides is 3. The summed E-state index contributed by atoms with van der Waals surface area (Å²) in [5.41, 5.74) is -0.567. The van der Waals surface area contributed by atoms with Crippen LogP contribution in [0.2, 0.25) is 5.02 Å². The van der Waals surface area contributed by atoms with Gasteiger partial charge in [0, 0.05) is 0 Å². The van der Waals surface area contributed by atoms with Crippen molar-refractivity contribution in [2.45, 2.75) is 18.0 Å². The molecule has 0 bridgehead atoms. The van der Waals surface area contributed by atoms with E-state index in [1.165, 1.54) is 24.3 Å². The molecule has 0 aliphatic carbocycles. The van der Waals surface area contributed by atoms with Gasteiger partial charge in [0.05, 0.1) is 27.7 Å². The van der Waals surface area contributed by atoms with Gasteiger partial charge in [-0.25, -0.2) is 8.42 Å². The van der Waals surface area contributed by atoms with Crippen molar-refractivity contribution in [3.8, 4) is 5.75 Å². The SMILES string of the molecule is Cc1cccc(OCCNC(=O)CN(c2ccc(Cl)c(C(F)(F)F)c2)S(=O)(=O)c2ccccc2)c1. The van der Waals surface area contributed by atoms with Crippen molar-refractivity contribution in [3.05, 3.63) is 88.9 Å². The highest BCUT2D eigenvalue weighted by molar-refractivity contribution is 7.92. The van der Waals surface area contributed by atoms with E-state index in [9.17, 15) is 26.4 Å². The molecule has 11 heteroatoms. The van der Waals surface area contributed by atoms with Crippen LogP contribution >= 0.6 is 11.6 Å². The third-order valence-corrected chi connectivity index (χ3v) is 6.96. The molecule has 186 valence electrons. The summed E-state index contributed by atoms with van der Waals surface area (Å²) in [6, 6.07) is 17.1. The Morgan fingerprint density at radius 2 is 1.74 bits per heavy atom. The second-order valence-electron chi connectivity index (χ2n) is 7.50. The van der Waals surface area contributed by atoms with E-state index < -0.39 is 39.2 Å². The average Bonchev–Trinajstić information content (AvgIpc) is 2.80. The number of hydrogen-bond donors (Lipinski definition) is 1. The van der Waals surface area contributed by atoms with Gasteiger partial charge in [0.2, 0.25) is 5.91 Å². The van der Waals surface area contributed by atoms with Gasteiger partial charge < -0.3 is 10.1 Å². The van der Waals surface area contributed by atoms with Crippen molar-refractivity contribution in [1.82, 2.24) is 5.32 Å². The van der Waals surface area contributed by atoms with Crippen LogP contribution in [0.1, 0.15) is 11.1 Å². The standard InChI is InChI=1S/C24H22ClF3N2O4S/c1-17-6-5-7-19(14-17)34-13-12-29-23(31)16-30(35(32,33)20-8-3-2-4-9-20)18-10-11-22(25)21(15-18)24(26,27)28/h2-11,14-15H,12-13,16H2,1H3,(H,29,31). The van der Waals surface area contributed by atoms with Gasteiger partial charge in [-0.3, -0.25) is 9.10 Å². The first kappa shape index (κ1) is 26.4. The number of sulfonamides is 1. The van der Waals surface area contributed by atoms with Crippen molar-refractivity contribution < 1.29 is 31.1 Å². The molecule has 35 heavy (non-hydrogen) atoms. The van der Waals surface area contributed by atoms with E-state index >= 15 is 0 Å². The Morgan fingerprint density at radius 3 is 2.40 bits per heavy atom. The first-order valence-electron chi connectivity index (χ1n) is 10.4. The molecule has 3 rings (SSSR count). The fourth-order valence-corrected chi connectivity index (χ4v) is 4.83. The Kier molecular flexibility index (Phi) is 8.29. The molecule has 0 saturated heterocycles. The van der Waals surface area contributed by atoms with Gasteiger partial charge in [0.1, 0.15) is 18.9 Å². The van der Waals surface area contributed by atoms with E-state index in [1.54, 1.807) is 12.1 Å². The second-order valence-corrected chi connectivity index (χ2v) is 9.77. The van der Waals surface area contributed by atoms with Gasteiger partial charge in [0.15, 0.2) is 0 Å². The van der Waals surface area contributed by atoms with Crippen molar-refractivity contribution in [2.24, 2.45) is 0 Å². The zero-order valence-electron chi connectivity index (χ0n) is 18.5. The number of anilines is 1. The molecule has 0 fully saturated rings. The van der Waals surface area contributed by atoms with Crippen LogP contribution < -0.4 is 14.4 Å². The number of carbonyl (C=O) groups is 1. The molecule has 3 aromatic carbocycles. The summed E-state index contributed by atoms with van der Waals surface area (Å²) in [7, 11) is -4.37. The predicted molar refractivity (Wildman–Crippen MR) is 127 cm³/mol. The number of ether oxygens (including phenoxy) is 1. The number of halogens is 4. The molecule has 6 nitrogen and oxygen atoms in total. The molecule has 3 aromatic rings. The normalized spacial score (nSPS) is 11.7. The van der Waals surface area contributed by atoms with Crippen molar-refractivity contribution >= 4 is 33.2 Å². The number of aryl methyl sites for hydroxylation is 1. The summed E-state index contributed by atoms with van der Waals surface area (Å²) in [4.78, 5) is 12.4. The van der Waals surface area contributed by atoms with E-state index in [1.807, 2.05) is 25.1 Å². The molecule has 0 aliphatic heterocycles. The van der Waals surface area contributed by atoms with E-state index in [0.717, 1.165) is 17.7 Å². The molecule has 0 aromatic heterocycles. The van der Waals surface area contributed by atoms with Gasteiger partial charge in [-0.2, -0.15) is 13.2 Å². The highest BCUT2D eigenvalue weighted by Crippen LogP contribution is 2.38. The first-order valence-corrected chi connectivity index (χ1v) is 12.2. The van der Waals surface area contributed by atoms with E-state index in [0.29, 0.717) is 16.1 Å². The van der Waals surface area contributed by atoms with Crippen LogP contribution in [-0.2, 0) is 21.0 Å². The van der Waals surface area contributed by atoms with E-state index in [-0.39, 0.29) is 23.7 Å². The number of nitrogens with zero attached hydrogens (tertiary/aromatic N) is 1. The van der Waals surface area contributed by atoms with Crippen molar-refractivity contribution in [1.29, 1.82) is 0 Å². The van der Waals surface area contributed by atoms with Crippen LogP contribution in [0, 0.1) is 6.92 Å². The molecule has 1 amide bonds. The number of nitrogens with one attached hydrogen (secondary N) is 1. The van der Waals surface area contributed by atoms with E-state index in [4.69, 9.17) is 16.3 Å². The lowest BCUT2D eigenvalue weighted by Gasteiger charge is -2.25. The van der Waals surface area contributed by atoms with Gasteiger partial charge in [-0.1, -0.05) is 41.9 Å². The maximum absolute atomic E-state index is 13.4. The Bertz CT molecular complexity index is 1290. The summed E-state index contributed by atoms with van der Waals surface area (Å²) in [5, 5.41) is 1.94. The molecular formula is C24H22ClF3N2O4S. The quantitative estimate of drug-likeness (QED) is 0.396. The predicted octanol–water partition coefficient (Wildman–Crippen LogP) is 5.06. The van der Waals surface area contributed by atoms with Gasteiger partial charge in [-0.05, 0) is 55.0 Å². The number of rotatable bonds is 9. The maximum Gasteiger partial charge on any atom is 0.417 e. The summed E-state index contributed by atoms with van der Waals surface area (Å²) >= 11 is 5.69. The largest absolute Gasteiger partial charge is 0.492 e. The van der Waals surface area contributed by atoms with Crippen molar-refractivity contribution in [3.63, 3.8) is 0 Å². The maximum atomic E-state index is 13.4. The molecular weight excluding hydrogens is 505 g/mol. The van der Waals surface area contributed by atoms with Crippen LogP contribution in [0.3, 0.4) is 0 Å². The zero-order valence-corrected chi connectivity index (χ0v) is 20.1. The van der Waals surface area contributed by atoms with Gasteiger partial charge in [-0.15, -0.1) is 0 Å². The number of amides is 1. The Morgan fingerprint density at radius 1 is 1.03 bits per heavy atom. The molecule has 0 unspecified atom stereocenters. The average molecular weight is 527 g/mol. The Hall–Kier alpha value is -3.24. The third kappa shape index (κ3) is 6.89. The Balaban J connectivity index is 1.81. The minimum atomic E-state index is -4.81. The van der Waals surface area contributed by atoms with Crippen molar-refractivity contribution in [2.75, 3.05) is 24.0 Å². The highest BCUT2D eigenvalue weighted by atomic mass is 35.5. The second kappa shape index (κ2) is 11.0. The summed E-state index contributed by atoms with van der Waals surface area (Å²) < 4.78 is 72.9. The lowest BCUT2D eigenvalue weighted by molar-refractivity contribution is -0.137. The highest BCUT2D eigenvalue weighted by Gasteiger charge is 2.35. The lowest BCUT2D eigenvalue weighted by atomic mass is 10.2. The third-order valence-electron chi connectivity index (χ3n) is 4.84. The zero-order chi connectivity index (χ0) is 25.6. The first-order chi connectivity index (χ1) is 16.5. The van der Waals surface area contributed by atoms with Crippen LogP contribution in [0.4, 0.5) is 18.9 Å². The van der Waals surface area contributed by atoms with Crippen LogP contribution in [0.15, 0.2) is 77.7 Å². The molecule has 0 spiro atoms. The molecule has 0 heterocycles. The summed E-state index contributed by atoms with van der Waals surface area (Å²) in [6.45, 7) is 1.32. The van der Waals surface area contributed by atoms with E-state index in [2.05, 4.69) is 5.32 Å². The Labute approximate surface area is 206 Å². The fourth-order valence-electron chi connectivity index (χ4n) is 3.17. The fraction of sp³-hybridized carbons (Fsp3) is 0.208. The van der Waals surface area contributed by atoms with Gasteiger partial charge in [0.25, 0.3) is 10.0 Å².